The molecule has 0 atom stereocenters. The smallest absolute Gasteiger partial charge is 0.188 e. The number of nitrogens with one attached hydrogen (secondary N) is 1. The molecule has 7 nitrogen and oxygen atoms in total. The number of guanidine groups is 1. The van der Waals surface area contributed by atoms with E-state index in [0.717, 1.165) is 56.3 Å². The molecule has 2 aromatic carbocycles. The number of hydrogen-bond acceptors (Lipinski definition) is 5. The fraction of sp³-hybridized carbons (Fsp3) is 0.435. The fourth-order valence-corrected chi connectivity index (χ4v) is 3.46. The summed E-state index contributed by atoms with van der Waals surface area (Å²) in [5, 5.41) is 3.20. The van der Waals surface area contributed by atoms with Crippen molar-refractivity contribution in [3.63, 3.8) is 0 Å². The predicted octanol–water partition coefficient (Wildman–Crippen LogP) is 2.18. The molecule has 0 saturated carbocycles. The van der Waals surface area contributed by atoms with Crippen LogP contribution in [0.15, 0.2) is 47.5 Å². The third kappa shape index (κ3) is 6.37. The van der Waals surface area contributed by atoms with Crippen LogP contribution in [0.25, 0.3) is 0 Å². The Bertz CT molecular complexity index is 835. The Kier molecular flexibility index (Phi) is 8.35. The summed E-state index contributed by atoms with van der Waals surface area (Å²) in [4.78, 5) is 6.95. The quantitative estimate of drug-likeness (QED) is 0.485. The highest BCUT2D eigenvalue weighted by molar-refractivity contribution is 5.77. The molecule has 1 fully saturated rings. The molecule has 3 rings (SSSR count). The molecule has 30 heavy (non-hydrogen) atoms. The average Bonchev–Trinajstić information content (AvgIpc) is 2.79. The maximum atomic E-state index is 6.09. The number of nitrogens with two attached hydrogens (primary N) is 1. The molecular formula is C23H32N4O3. The molecule has 7 heteroatoms. The molecule has 2 aromatic rings. The summed E-state index contributed by atoms with van der Waals surface area (Å²) in [6.07, 6.45) is 0.810. The van der Waals surface area contributed by atoms with Crippen molar-refractivity contribution in [2.24, 2.45) is 10.7 Å². The maximum Gasteiger partial charge on any atom is 0.188 e. The Morgan fingerprint density at radius 3 is 2.53 bits per heavy atom. The van der Waals surface area contributed by atoms with Crippen LogP contribution in [-0.4, -0.2) is 57.9 Å². The number of ether oxygens (including phenoxy) is 3. The van der Waals surface area contributed by atoms with Crippen molar-refractivity contribution in [2.45, 2.75) is 19.5 Å². The van der Waals surface area contributed by atoms with Gasteiger partial charge in [0.2, 0.25) is 0 Å². The summed E-state index contributed by atoms with van der Waals surface area (Å²) in [5.74, 6) is 1.91. The lowest BCUT2D eigenvalue weighted by Gasteiger charge is -2.27. The first kappa shape index (κ1) is 21.9. The van der Waals surface area contributed by atoms with E-state index in [-0.39, 0.29) is 0 Å². The zero-order chi connectivity index (χ0) is 21.2. The van der Waals surface area contributed by atoms with Gasteiger partial charge in [-0.2, -0.15) is 0 Å². The third-order valence-corrected chi connectivity index (χ3v) is 5.20. The van der Waals surface area contributed by atoms with Crippen molar-refractivity contribution in [3.05, 3.63) is 59.2 Å². The largest absolute Gasteiger partial charge is 0.493 e. The molecule has 1 heterocycles. The zero-order valence-electron chi connectivity index (χ0n) is 17.9. The van der Waals surface area contributed by atoms with Crippen LogP contribution in [0.2, 0.25) is 0 Å². The van der Waals surface area contributed by atoms with Crippen molar-refractivity contribution in [3.8, 4) is 11.5 Å². The van der Waals surface area contributed by atoms with Gasteiger partial charge in [0.25, 0.3) is 0 Å². The van der Waals surface area contributed by atoms with Gasteiger partial charge in [-0.1, -0.05) is 30.3 Å². The lowest BCUT2D eigenvalue weighted by molar-refractivity contribution is 0.0341. The Balaban J connectivity index is 1.51. The molecule has 0 aromatic heterocycles. The van der Waals surface area contributed by atoms with E-state index in [0.29, 0.717) is 19.0 Å². The topological polar surface area (TPSA) is 81.3 Å². The lowest BCUT2D eigenvalue weighted by atomic mass is 10.1. The van der Waals surface area contributed by atoms with Gasteiger partial charge in [0.15, 0.2) is 17.5 Å². The predicted molar refractivity (Wildman–Crippen MR) is 119 cm³/mol. The second kappa shape index (κ2) is 11.4. The van der Waals surface area contributed by atoms with Crippen molar-refractivity contribution in [1.29, 1.82) is 0 Å². The molecule has 162 valence electrons. The maximum absolute atomic E-state index is 6.09. The minimum Gasteiger partial charge on any atom is -0.493 e. The molecule has 0 bridgehead atoms. The number of hydrogen-bond donors (Lipinski definition) is 2. The molecule has 0 unspecified atom stereocenters. The van der Waals surface area contributed by atoms with E-state index in [4.69, 9.17) is 19.9 Å². The van der Waals surface area contributed by atoms with Crippen LogP contribution < -0.4 is 20.5 Å². The number of nitrogens with zero attached hydrogens (tertiary/aromatic N) is 2. The van der Waals surface area contributed by atoms with Crippen LogP contribution in [0.5, 0.6) is 11.5 Å². The van der Waals surface area contributed by atoms with Gasteiger partial charge in [-0.25, -0.2) is 4.99 Å². The summed E-state index contributed by atoms with van der Waals surface area (Å²) in [7, 11) is 3.27. The highest BCUT2D eigenvalue weighted by Gasteiger charge is 2.12. The van der Waals surface area contributed by atoms with Crippen LogP contribution in [0.3, 0.4) is 0 Å². The van der Waals surface area contributed by atoms with Gasteiger partial charge in [0.1, 0.15) is 0 Å². The normalized spacial score (nSPS) is 15.1. The van der Waals surface area contributed by atoms with Gasteiger partial charge in [-0.3, -0.25) is 4.90 Å². The minimum atomic E-state index is 0.455. The average molecular weight is 413 g/mol. The standard InChI is InChI=1S/C23H32N4O3/c1-28-21-8-7-18(15-22(21)29-2)9-10-25-23(24)26-16-19-5-3-4-6-20(19)17-27-11-13-30-14-12-27/h3-8,15H,9-14,16-17H2,1-2H3,(H3,24,25,26). The van der Waals surface area contributed by atoms with E-state index in [9.17, 15) is 0 Å². The van der Waals surface area contributed by atoms with E-state index >= 15 is 0 Å². The highest BCUT2D eigenvalue weighted by Crippen LogP contribution is 2.27. The molecule has 1 aliphatic rings. The Hall–Kier alpha value is -2.77. The van der Waals surface area contributed by atoms with E-state index in [1.807, 2.05) is 24.3 Å². The summed E-state index contributed by atoms with van der Waals surface area (Å²) in [6.45, 7) is 5.72. The first-order valence-electron chi connectivity index (χ1n) is 10.3. The van der Waals surface area contributed by atoms with Crippen LogP contribution in [0.4, 0.5) is 0 Å². The Morgan fingerprint density at radius 2 is 1.80 bits per heavy atom. The zero-order valence-corrected chi connectivity index (χ0v) is 17.9. The molecule has 0 spiro atoms. The molecule has 3 N–H and O–H groups in total. The van der Waals surface area contributed by atoms with Crippen LogP contribution >= 0.6 is 0 Å². The van der Waals surface area contributed by atoms with Crippen LogP contribution in [0, 0.1) is 0 Å². The van der Waals surface area contributed by atoms with Crippen LogP contribution in [0.1, 0.15) is 16.7 Å². The van der Waals surface area contributed by atoms with E-state index < -0.39 is 0 Å². The van der Waals surface area contributed by atoms with Gasteiger partial charge in [0, 0.05) is 26.2 Å². The van der Waals surface area contributed by atoms with Gasteiger partial charge in [-0.05, 0) is 35.2 Å². The third-order valence-electron chi connectivity index (χ3n) is 5.20. The fourth-order valence-electron chi connectivity index (χ4n) is 3.46. The summed E-state index contributed by atoms with van der Waals surface area (Å²) >= 11 is 0. The second-order valence-electron chi connectivity index (χ2n) is 7.22. The highest BCUT2D eigenvalue weighted by atomic mass is 16.5. The van der Waals surface area contributed by atoms with Crippen molar-refractivity contribution in [1.82, 2.24) is 10.2 Å². The van der Waals surface area contributed by atoms with Crippen molar-refractivity contribution in [2.75, 3.05) is 47.1 Å². The van der Waals surface area contributed by atoms with Crippen molar-refractivity contribution < 1.29 is 14.2 Å². The minimum absolute atomic E-state index is 0.455. The summed E-state index contributed by atoms with van der Waals surface area (Å²) < 4.78 is 16.1. The number of morpholine rings is 1. The second-order valence-corrected chi connectivity index (χ2v) is 7.22. The summed E-state index contributed by atoms with van der Waals surface area (Å²) in [6, 6.07) is 14.3. The number of benzene rings is 2. The SMILES string of the molecule is COc1ccc(CCNC(N)=NCc2ccccc2CN2CCOCC2)cc1OC. The number of aliphatic imine (C=N–C) groups is 1. The van der Waals surface area contributed by atoms with Gasteiger partial charge >= 0.3 is 0 Å². The monoisotopic (exact) mass is 412 g/mol. The van der Waals surface area contributed by atoms with E-state index in [1.165, 1.54) is 11.1 Å². The van der Waals surface area contributed by atoms with Gasteiger partial charge in [0.05, 0.1) is 34.0 Å². The molecule has 0 aliphatic carbocycles. The van der Waals surface area contributed by atoms with Gasteiger partial charge < -0.3 is 25.3 Å². The van der Waals surface area contributed by atoms with Crippen LogP contribution in [-0.2, 0) is 24.2 Å². The molecule has 1 aliphatic heterocycles. The first-order chi connectivity index (χ1) is 14.7. The van der Waals surface area contributed by atoms with E-state index in [1.54, 1.807) is 14.2 Å². The van der Waals surface area contributed by atoms with E-state index in [2.05, 4.69) is 33.4 Å². The number of methoxy groups -OCH3 is 2. The number of rotatable bonds is 9. The molecule has 1 saturated heterocycles. The van der Waals surface area contributed by atoms with Gasteiger partial charge in [-0.15, -0.1) is 0 Å². The molecular weight excluding hydrogens is 380 g/mol. The first-order valence-corrected chi connectivity index (χ1v) is 10.3. The molecule has 0 amide bonds. The Labute approximate surface area is 178 Å². The summed E-state index contributed by atoms with van der Waals surface area (Å²) in [5.41, 5.74) is 9.73. The van der Waals surface area contributed by atoms with Crippen molar-refractivity contribution >= 4 is 5.96 Å². The Morgan fingerprint density at radius 1 is 1.07 bits per heavy atom. The lowest BCUT2D eigenvalue weighted by Crippen LogP contribution is -2.36. The molecule has 0 radical (unpaired) electrons.